The third-order valence-corrected chi connectivity index (χ3v) is 2.90. The van der Waals surface area contributed by atoms with Crippen molar-refractivity contribution in [2.45, 2.75) is 26.2 Å². The number of rotatable bonds is 0. The number of hydrogen-bond acceptors (Lipinski definition) is 3. The summed E-state index contributed by atoms with van der Waals surface area (Å²) in [5.74, 6) is 0. The zero-order valence-electron chi connectivity index (χ0n) is 7.09. The van der Waals surface area contributed by atoms with Crippen molar-refractivity contribution < 1.29 is 0 Å². The fourth-order valence-electron chi connectivity index (χ4n) is 1.40. The molecular formula is C8H13ClN2S. The molecule has 0 aliphatic carbocycles. The van der Waals surface area contributed by atoms with Gasteiger partial charge in [0.2, 0.25) is 0 Å². The lowest BCUT2D eigenvalue weighted by Crippen LogP contribution is -1.96. The standard InChI is InChI=1S/C8H12N2S.ClH/c1-6-10-7-4-2-3-5-9-8(7)11-6;/h9H,2-5H2,1H3;1H. The topological polar surface area (TPSA) is 24.9 Å². The van der Waals surface area contributed by atoms with Gasteiger partial charge in [-0.05, 0) is 26.2 Å². The number of aryl methyl sites for hydroxylation is 2. The molecule has 68 valence electrons. The van der Waals surface area contributed by atoms with Gasteiger partial charge in [0.1, 0.15) is 5.00 Å². The Labute approximate surface area is 82.8 Å². The maximum absolute atomic E-state index is 4.47. The van der Waals surface area contributed by atoms with Crippen molar-refractivity contribution in [3.05, 3.63) is 10.7 Å². The number of nitrogens with zero attached hydrogens (tertiary/aromatic N) is 1. The first-order valence-corrected chi connectivity index (χ1v) is 4.88. The van der Waals surface area contributed by atoms with Gasteiger partial charge < -0.3 is 5.32 Å². The fraction of sp³-hybridized carbons (Fsp3) is 0.625. The maximum Gasteiger partial charge on any atom is 0.112 e. The lowest BCUT2D eigenvalue weighted by Gasteiger charge is -1.96. The van der Waals surface area contributed by atoms with Crippen molar-refractivity contribution >= 4 is 28.7 Å². The normalized spacial score (nSPS) is 15.4. The highest BCUT2D eigenvalue weighted by atomic mass is 35.5. The minimum Gasteiger partial charge on any atom is -0.375 e. The predicted molar refractivity (Wildman–Crippen MR) is 55.5 cm³/mol. The molecule has 0 spiro atoms. The van der Waals surface area contributed by atoms with Gasteiger partial charge in [0.25, 0.3) is 0 Å². The van der Waals surface area contributed by atoms with Crippen LogP contribution in [0.15, 0.2) is 0 Å². The van der Waals surface area contributed by atoms with Gasteiger partial charge in [-0.3, -0.25) is 0 Å². The van der Waals surface area contributed by atoms with E-state index in [-0.39, 0.29) is 12.4 Å². The van der Waals surface area contributed by atoms with Crippen molar-refractivity contribution in [1.82, 2.24) is 4.98 Å². The van der Waals surface area contributed by atoms with Crippen molar-refractivity contribution in [2.24, 2.45) is 0 Å². The molecule has 0 saturated heterocycles. The number of anilines is 1. The molecule has 1 aliphatic rings. The van der Waals surface area contributed by atoms with Gasteiger partial charge in [-0.15, -0.1) is 23.7 Å². The van der Waals surface area contributed by atoms with Crippen LogP contribution in [0.25, 0.3) is 0 Å². The quantitative estimate of drug-likeness (QED) is 0.703. The Hall–Kier alpha value is -0.280. The lowest BCUT2D eigenvalue weighted by molar-refractivity contribution is 0.773. The first-order valence-electron chi connectivity index (χ1n) is 4.06. The molecule has 0 saturated carbocycles. The van der Waals surface area contributed by atoms with E-state index < -0.39 is 0 Å². The number of fused-ring (bicyclic) bond motifs is 1. The third kappa shape index (κ3) is 1.90. The van der Waals surface area contributed by atoms with Crippen molar-refractivity contribution in [3.63, 3.8) is 0 Å². The van der Waals surface area contributed by atoms with E-state index in [1.165, 1.54) is 28.5 Å². The largest absolute Gasteiger partial charge is 0.375 e. The van der Waals surface area contributed by atoms with Crippen LogP contribution in [0.3, 0.4) is 0 Å². The highest BCUT2D eigenvalue weighted by molar-refractivity contribution is 7.15. The number of hydrogen-bond donors (Lipinski definition) is 1. The minimum atomic E-state index is 0. The van der Waals surface area contributed by atoms with Crippen LogP contribution in [0.1, 0.15) is 23.5 Å². The number of halogens is 1. The van der Waals surface area contributed by atoms with E-state index in [2.05, 4.69) is 17.2 Å². The van der Waals surface area contributed by atoms with Crippen LogP contribution in [0.4, 0.5) is 5.00 Å². The van der Waals surface area contributed by atoms with Crippen LogP contribution < -0.4 is 5.32 Å². The molecule has 1 aromatic heterocycles. The molecule has 0 unspecified atom stereocenters. The van der Waals surface area contributed by atoms with Gasteiger partial charge in [-0.1, -0.05) is 0 Å². The lowest BCUT2D eigenvalue weighted by atomic mass is 10.2. The zero-order chi connectivity index (χ0) is 7.68. The Morgan fingerprint density at radius 2 is 2.25 bits per heavy atom. The van der Waals surface area contributed by atoms with Crippen LogP contribution in [0.2, 0.25) is 0 Å². The van der Waals surface area contributed by atoms with E-state index in [0.717, 1.165) is 13.0 Å². The molecule has 0 aromatic carbocycles. The van der Waals surface area contributed by atoms with Crippen molar-refractivity contribution in [2.75, 3.05) is 11.9 Å². The Kier molecular flexibility index (Phi) is 3.35. The van der Waals surface area contributed by atoms with Crippen LogP contribution in [0, 0.1) is 6.92 Å². The van der Waals surface area contributed by atoms with E-state index in [0.29, 0.717) is 0 Å². The van der Waals surface area contributed by atoms with Gasteiger partial charge in [0.05, 0.1) is 10.7 Å². The summed E-state index contributed by atoms with van der Waals surface area (Å²) >= 11 is 1.78. The Morgan fingerprint density at radius 1 is 1.42 bits per heavy atom. The maximum atomic E-state index is 4.47. The zero-order valence-corrected chi connectivity index (χ0v) is 8.73. The second-order valence-electron chi connectivity index (χ2n) is 2.89. The van der Waals surface area contributed by atoms with E-state index in [1.807, 2.05) is 0 Å². The Bertz CT molecular complexity index is 236. The highest BCUT2D eigenvalue weighted by Crippen LogP contribution is 2.27. The average molecular weight is 205 g/mol. The van der Waals surface area contributed by atoms with Gasteiger partial charge in [0, 0.05) is 6.54 Å². The Balaban J connectivity index is 0.000000720. The summed E-state index contributed by atoms with van der Waals surface area (Å²) in [4.78, 5) is 4.47. The second kappa shape index (κ2) is 4.10. The van der Waals surface area contributed by atoms with Crippen molar-refractivity contribution in [3.8, 4) is 0 Å². The van der Waals surface area contributed by atoms with Gasteiger partial charge in [-0.25, -0.2) is 4.98 Å². The predicted octanol–water partition coefficient (Wildman–Crippen LogP) is 2.62. The molecule has 2 heterocycles. The van der Waals surface area contributed by atoms with E-state index in [4.69, 9.17) is 0 Å². The average Bonchev–Trinajstić information content (AvgIpc) is 2.17. The van der Waals surface area contributed by atoms with Gasteiger partial charge in [-0.2, -0.15) is 0 Å². The summed E-state index contributed by atoms with van der Waals surface area (Å²) in [5, 5.41) is 5.89. The molecule has 0 amide bonds. The summed E-state index contributed by atoms with van der Waals surface area (Å²) in [5.41, 5.74) is 1.28. The molecule has 4 heteroatoms. The molecular weight excluding hydrogens is 192 g/mol. The number of thiazole rings is 1. The monoisotopic (exact) mass is 204 g/mol. The van der Waals surface area contributed by atoms with E-state index in [1.54, 1.807) is 11.3 Å². The van der Waals surface area contributed by atoms with E-state index in [9.17, 15) is 0 Å². The molecule has 2 nitrogen and oxygen atoms in total. The van der Waals surface area contributed by atoms with Crippen LogP contribution >= 0.6 is 23.7 Å². The first-order chi connectivity index (χ1) is 5.36. The smallest absolute Gasteiger partial charge is 0.112 e. The molecule has 0 atom stereocenters. The SMILES string of the molecule is Cc1nc2c(s1)NCCCC2.Cl. The van der Waals surface area contributed by atoms with E-state index >= 15 is 0 Å². The molecule has 1 aliphatic heterocycles. The van der Waals surface area contributed by atoms with Gasteiger partial charge in [0.15, 0.2) is 0 Å². The summed E-state index contributed by atoms with van der Waals surface area (Å²) in [6.07, 6.45) is 3.72. The molecule has 1 N–H and O–H groups in total. The summed E-state index contributed by atoms with van der Waals surface area (Å²) in [7, 11) is 0. The molecule has 2 rings (SSSR count). The Morgan fingerprint density at radius 3 is 3.08 bits per heavy atom. The van der Waals surface area contributed by atoms with Crippen LogP contribution in [0.5, 0.6) is 0 Å². The molecule has 0 radical (unpaired) electrons. The third-order valence-electron chi connectivity index (χ3n) is 1.93. The summed E-state index contributed by atoms with van der Waals surface area (Å²) in [6, 6.07) is 0. The van der Waals surface area contributed by atoms with Crippen molar-refractivity contribution in [1.29, 1.82) is 0 Å². The fourth-order valence-corrected chi connectivity index (χ4v) is 2.29. The van der Waals surface area contributed by atoms with Gasteiger partial charge >= 0.3 is 0 Å². The molecule has 0 fully saturated rings. The second-order valence-corrected chi connectivity index (χ2v) is 4.10. The number of nitrogens with one attached hydrogen (secondary N) is 1. The highest BCUT2D eigenvalue weighted by Gasteiger charge is 2.10. The first kappa shape index (κ1) is 9.81. The summed E-state index contributed by atoms with van der Waals surface area (Å²) in [6.45, 7) is 3.19. The summed E-state index contributed by atoms with van der Waals surface area (Å²) < 4.78 is 0. The molecule has 1 aromatic rings. The molecule has 0 bridgehead atoms. The van der Waals surface area contributed by atoms with Crippen LogP contribution in [-0.4, -0.2) is 11.5 Å². The minimum absolute atomic E-state index is 0. The number of aromatic nitrogens is 1. The van der Waals surface area contributed by atoms with Crippen LogP contribution in [-0.2, 0) is 6.42 Å². The molecule has 12 heavy (non-hydrogen) atoms.